The van der Waals surface area contributed by atoms with E-state index in [-0.39, 0.29) is 24.8 Å². The summed E-state index contributed by atoms with van der Waals surface area (Å²) in [4.78, 5) is 3.44. The Morgan fingerprint density at radius 1 is 0.833 bits per heavy atom. The minimum absolute atomic E-state index is 0. The molecule has 1 unspecified atom stereocenters. The maximum absolute atomic E-state index is 5.74. The number of quaternary nitrogens is 2. The first-order valence-electron chi connectivity index (χ1n) is 7.04. The summed E-state index contributed by atoms with van der Waals surface area (Å²) >= 11 is 0. The van der Waals surface area contributed by atoms with Crippen molar-refractivity contribution in [3.63, 3.8) is 0 Å². The molecule has 0 radical (unpaired) electrons. The minimum Gasteiger partial charge on any atom is -1.00 e. The zero-order valence-electron chi connectivity index (χ0n) is 11.2. The second-order valence-electron chi connectivity index (χ2n) is 5.45. The average Bonchev–Trinajstić information content (AvgIpc) is 2.38. The summed E-state index contributed by atoms with van der Waals surface area (Å²) in [5, 5.41) is 0. The maximum atomic E-state index is 5.74. The lowest BCUT2D eigenvalue weighted by molar-refractivity contribution is -0.974. The molecule has 2 aliphatic rings. The van der Waals surface area contributed by atoms with Crippen LogP contribution < -0.4 is 34.6 Å². The first kappa shape index (κ1) is 18.1. The molecule has 2 saturated heterocycles. The van der Waals surface area contributed by atoms with Gasteiger partial charge in [0, 0.05) is 0 Å². The number of terminal acetylenes is 1. The Bertz CT molecular complexity index is 241. The van der Waals surface area contributed by atoms with E-state index in [1.807, 2.05) is 0 Å². The van der Waals surface area contributed by atoms with Crippen LogP contribution in [-0.2, 0) is 0 Å². The van der Waals surface area contributed by atoms with Gasteiger partial charge in [0.05, 0.1) is 26.2 Å². The molecular formula is C14H26Cl2N2. The molecule has 0 aromatic rings. The molecule has 2 aliphatic heterocycles. The molecule has 2 rings (SSSR count). The predicted octanol–water partition coefficient (Wildman–Crippen LogP) is -6.87. The number of likely N-dealkylation sites (tertiary alicyclic amines) is 2. The molecule has 0 bridgehead atoms. The lowest BCUT2D eigenvalue weighted by atomic mass is 10.1. The highest BCUT2D eigenvalue weighted by Crippen LogP contribution is 1.96. The molecule has 2 nitrogen and oxygen atoms in total. The van der Waals surface area contributed by atoms with Gasteiger partial charge < -0.3 is 34.6 Å². The molecule has 18 heavy (non-hydrogen) atoms. The zero-order valence-corrected chi connectivity index (χ0v) is 12.7. The summed E-state index contributed by atoms with van der Waals surface area (Å²) in [5.74, 6) is 3.06. The van der Waals surface area contributed by atoms with Gasteiger partial charge in [0.2, 0.25) is 0 Å². The number of rotatable bonds is 3. The summed E-state index contributed by atoms with van der Waals surface area (Å²) in [7, 11) is 0. The third-order valence-electron chi connectivity index (χ3n) is 4.24. The molecular weight excluding hydrogens is 267 g/mol. The van der Waals surface area contributed by atoms with Crippen LogP contribution in [0.1, 0.15) is 38.5 Å². The second kappa shape index (κ2) is 9.92. The van der Waals surface area contributed by atoms with Crippen molar-refractivity contribution in [1.29, 1.82) is 0 Å². The highest BCUT2D eigenvalue weighted by atomic mass is 35.5. The molecule has 0 aromatic carbocycles. The molecule has 2 fully saturated rings. The standard InChI is InChI=1S/C14H24N2.2ClH/c1-2-14(16-11-7-4-8-12-16)13-15-9-5-3-6-10-15;;/h1,14H,3-13H2;2*1H. The van der Waals surface area contributed by atoms with Crippen LogP contribution >= 0.6 is 0 Å². The lowest BCUT2D eigenvalue weighted by Gasteiger charge is -2.31. The van der Waals surface area contributed by atoms with Crippen molar-refractivity contribution in [2.45, 2.75) is 44.6 Å². The lowest BCUT2D eigenvalue weighted by Crippen LogP contribution is -3.23. The first-order chi connectivity index (χ1) is 7.90. The SMILES string of the molecule is C#CC(C[NH+]1CCCCC1)[NH+]1CCCCC1.[Cl-].[Cl-]. The number of piperidine rings is 2. The van der Waals surface area contributed by atoms with Gasteiger partial charge in [-0.05, 0) is 44.4 Å². The van der Waals surface area contributed by atoms with E-state index < -0.39 is 0 Å². The van der Waals surface area contributed by atoms with E-state index in [1.165, 1.54) is 71.2 Å². The van der Waals surface area contributed by atoms with Gasteiger partial charge in [-0.1, -0.05) is 0 Å². The Balaban J connectivity index is 0.00000144. The summed E-state index contributed by atoms with van der Waals surface area (Å²) < 4.78 is 0. The fraction of sp³-hybridized carbons (Fsp3) is 0.857. The zero-order chi connectivity index (χ0) is 11.2. The normalized spacial score (nSPS) is 23.3. The molecule has 0 spiro atoms. The quantitative estimate of drug-likeness (QED) is 0.479. The van der Waals surface area contributed by atoms with Crippen molar-refractivity contribution in [2.24, 2.45) is 0 Å². The highest BCUT2D eigenvalue weighted by molar-refractivity contribution is 4.93. The van der Waals surface area contributed by atoms with Gasteiger partial charge in [0.1, 0.15) is 6.54 Å². The summed E-state index contributed by atoms with van der Waals surface area (Å²) in [6.45, 7) is 6.53. The Morgan fingerprint density at radius 3 is 1.83 bits per heavy atom. The molecule has 0 aliphatic carbocycles. The smallest absolute Gasteiger partial charge is 0.198 e. The Hall–Kier alpha value is 0.0600. The monoisotopic (exact) mass is 292 g/mol. The van der Waals surface area contributed by atoms with E-state index in [9.17, 15) is 0 Å². The van der Waals surface area contributed by atoms with Crippen molar-refractivity contribution < 1.29 is 34.6 Å². The van der Waals surface area contributed by atoms with Gasteiger partial charge >= 0.3 is 0 Å². The van der Waals surface area contributed by atoms with Gasteiger partial charge in [-0.3, -0.25) is 0 Å². The van der Waals surface area contributed by atoms with Gasteiger partial charge in [-0.2, -0.15) is 0 Å². The Labute approximate surface area is 124 Å². The predicted molar refractivity (Wildman–Crippen MR) is 66.6 cm³/mol. The number of hydrogen-bond donors (Lipinski definition) is 2. The fourth-order valence-electron chi connectivity index (χ4n) is 3.22. The molecule has 4 heteroatoms. The van der Waals surface area contributed by atoms with E-state index in [1.54, 1.807) is 9.80 Å². The number of halogens is 2. The van der Waals surface area contributed by atoms with Crippen LogP contribution in [0.2, 0.25) is 0 Å². The average molecular weight is 293 g/mol. The third kappa shape index (κ3) is 5.36. The molecule has 2 N–H and O–H groups in total. The van der Waals surface area contributed by atoms with E-state index in [2.05, 4.69) is 5.92 Å². The van der Waals surface area contributed by atoms with Crippen LogP contribution in [0.25, 0.3) is 0 Å². The summed E-state index contributed by atoms with van der Waals surface area (Å²) in [6.07, 6.45) is 14.1. The van der Waals surface area contributed by atoms with Gasteiger partial charge in [0.25, 0.3) is 0 Å². The fourth-order valence-corrected chi connectivity index (χ4v) is 3.22. The van der Waals surface area contributed by atoms with E-state index >= 15 is 0 Å². The number of hydrogen-bond acceptors (Lipinski definition) is 0. The van der Waals surface area contributed by atoms with Crippen molar-refractivity contribution >= 4 is 0 Å². The molecule has 2 heterocycles. The van der Waals surface area contributed by atoms with E-state index in [0.717, 1.165) is 0 Å². The molecule has 0 amide bonds. The highest BCUT2D eigenvalue weighted by Gasteiger charge is 2.27. The minimum atomic E-state index is 0. The molecule has 0 aromatic heterocycles. The number of nitrogens with one attached hydrogen (secondary N) is 2. The van der Waals surface area contributed by atoms with Gasteiger partial charge in [-0.15, -0.1) is 6.42 Å². The third-order valence-corrected chi connectivity index (χ3v) is 4.24. The Morgan fingerprint density at radius 2 is 1.33 bits per heavy atom. The molecule has 106 valence electrons. The van der Waals surface area contributed by atoms with Crippen molar-refractivity contribution in [1.82, 2.24) is 0 Å². The van der Waals surface area contributed by atoms with E-state index in [4.69, 9.17) is 6.42 Å². The van der Waals surface area contributed by atoms with Crippen LogP contribution in [0, 0.1) is 12.3 Å². The van der Waals surface area contributed by atoms with Crippen molar-refractivity contribution in [3.8, 4) is 12.3 Å². The summed E-state index contributed by atoms with van der Waals surface area (Å²) in [5.41, 5.74) is 0. The summed E-state index contributed by atoms with van der Waals surface area (Å²) in [6, 6.07) is 0.480. The molecule has 0 saturated carbocycles. The van der Waals surface area contributed by atoms with Crippen LogP contribution in [0.4, 0.5) is 0 Å². The van der Waals surface area contributed by atoms with Gasteiger partial charge in [-0.25, -0.2) is 0 Å². The van der Waals surface area contributed by atoms with Crippen LogP contribution in [0.5, 0.6) is 0 Å². The van der Waals surface area contributed by atoms with Crippen LogP contribution in [-0.4, -0.2) is 38.8 Å². The second-order valence-corrected chi connectivity index (χ2v) is 5.45. The van der Waals surface area contributed by atoms with E-state index in [0.29, 0.717) is 6.04 Å². The van der Waals surface area contributed by atoms with Gasteiger partial charge in [0.15, 0.2) is 6.04 Å². The topological polar surface area (TPSA) is 8.88 Å². The van der Waals surface area contributed by atoms with Crippen molar-refractivity contribution in [2.75, 3.05) is 32.7 Å². The van der Waals surface area contributed by atoms with Crippen molar-refractivity contribution in [3.05, 3.63) is 0 Å². The first-order valence-corrected chi connectivity index (χ1v) is 7.04. The van der Waals surface area contributed by atoms with Crippen LogP contribution in [0.3, 0.4) is 0 Å². The maximum Gasteiger partial charge on any atom is 0.198 e. The largest absolute Gasteiger partial charge is 1.00 e. The molecule has 1 atom stereocenters. The Kier molecular flexibility index (Phi) is 9.95. The van der Waals surface area contributed by atoms with Crippen LogP contribution in [0.15, 0.2) is 0 Å².